The number of benzene rings is 3. The molecule has 8 heteroatoms. The van der Waals surface area contributed by atoms with Crippen molar-refractivity contribution in [3.05, 3.63) is 92.6 Å². The summed E-state index contributed by atoms with van der Waals surface area (Å²) in [5.74, 6) is -0.421. The van der Waals surface area contributed by atoms with E-state index in [2.05, 4.69) is 27.9 Å². The minimum Gasteiger partial charge on any atom is -0.493 e. The molecular weight excluding hydrogens is 547 g/mol. The highest BCUT2D eigenvalue weighted by molar-refractivity contribution is 14.1. The molecule has 1 saturated heterocycles. The molecule has 0 unspecified atom stereocenters. The standard InChI is InChI=1S/C26H21IN2O5/c1-16-8-6-7-11-21(16)29-25(31)19(24(30)28-26(29)32)12-18-13-20(27)23(22(14-18)33-2)34-15-17-9-4-3-5-10-17/h3-14H,15H2,1-2H3,(H,28,30,32)/b19-12+. The van der Waals surface area contributed by atoms with Gasteiger partial charge in [-0.3, -0.25) is 14.9 Å². The van der Waals surface area contributed by atoms with E-state index in [1.807, 2.05) is 36.4 Å². The van der Waals surface area contributed by atoms with Crippen LogP contribution < -0.4 is 19.7 Å². The first-order valence-corrected chi connectivity index (χ1v) is 11.5. The molecule has 0 aliphatic carbocycles. The van der Waals surface area contributed by atoms with Gasteiger partial charge in [-0.1, -0.05) is 48.5 Å². The number of urea groups is 1. The Morgan fingerprint density at radius 3 is 2.41 bits per heavy atom. The van der Waals surface area contributed by atoms with Crippen molar-refractivity contribution in [1.82, 2.24) is 5.32 Å². The molecule has 0 spiro atoms. The van der Waals surface area contributed by atoms with Gasteiger partial charge in [0, 0.05) is 0 Å². The zero-order valence-electron chi connectivity index (χ0n) is 18.5. The van der Waals surface area contributed by atoms with Crippen molar-refractivity contribution in [1.29, 1.82) is 0 Å². The number of barbiturate groups is 1. The van der Waals surface area contributed by atoms with E-state index in [1.165, 1.54) is 13.2 Å². The number of aryl methyl sites for hydroxylation is 1. The number of rotatable bonds is 6. The third kappa shape index (κ3) is 4.81. The quantitative estimate of drug-likeness (QED) is 0.261. The Kier molecular flexibility index (Phi) is 6.97. The lowest BCUT2D eigenvalue weighted by Gasteiger charge is -2.27. The van der Waals surface area contributed by atoms with Crippen LogP contribution in [0, 0.1) is 10.5 Å². The molecule has 1 aliphatic heterocycles. The summed E-state index contributed by atoms with van der Waals surface area (Å²) >= 11 is 2.12. The van der Waals surface area contributed by atoms with Crippen LogP contribution in [-0.2, 0) is 16.2 Å². The normalized spacial score (nSPS) is 14.9. The smallest absolute Gasteiger partial charge is 0.335 e. The Morgan fingerprint density at radius 2 is 1.71 bits per heavy atom. The van der Waals surface area contributed by atoms with E-state index in [-0.39, 0.29) is 5.57 Å². The number of para-hydroxylation sites is 1. The molecule has 0 atom stereocenters. The maximum Gasteiger partial charge on any atom is 0.335 e. The first-order valence-electron chi connectivity index (χ1n) is 10.4. The van der Waals surface area contributed by atoms with Crippen LogP contribution in [0.15, 0.2) is 72.3 Å². The molecule has 4 amide bonds. The fraction of sp³-hybridized carbons (Fsp3) is 0.115. The van der Waals surface area contributed by atoms with Crippen LogP contribution in [0.2, 0.25) is 0 Å². The molecule has 0 radical (unpaired) electrons. The SMILES string of the molecule is COc1cc(/C=C2\C(=O)NC(=O)N(c3ccccc3C)C2=O)cc(I)c1OCc1ccccc1. The van der Waals surface area contributed by atoms with Gasteiger partial charge in [0.25, 0.3) is 11.8 Å². The Hall–Kier alpha value is -3.66. The molecule has 1 heterocycles. The Labute approximate surface area is 210 Å². The predicted molar refractivity (Wildman–Crippen MR) is 137 cm³/mol. The predicted octanol–water partition coefficient (Wildman–Crippen LogP) is 4.85. The molecule has 1 fully saturated rings. The highest BCUT2D eigenvalue weighted by atomic mass is 127. The number of nitrogens with zero attached hydrogens (tertiary/aromatic N) is 1. The zero-order valence-corrected chi connectivity index (χ0v) is 20.7. The third-order valence-electron chi connectivity index (χ3n) is 5.25. The van der Waals surface area contributed by atoms with Gasteiger partial charge in [0.2, 0.25) is 0 Å². The second-order valence-corrected chi connectivity index (χ2v) is 8.71. The van der Waals surface area contributed by atoms with Crippen LogP contribution in [0.4, 0.5) is 10.5 Å². The van der Waals surface area contributed by atoms with Crippen LogP contribution in [-0.4, -0.2) is 25.0 Å². The van der Waals surface area contributed by atoms with Gasteiger partial charge in [-0.15, -0.1) is 0 Å². The first kappa shape index (κ1) is 23.5. The number of hydrogen-bond acceptors (Lipinski definition) is 5. The van der Waals surface area contributed by atoms with Crippen molar-refractivity contribution < 1.29 is 23.9 Å². The molecule has 0 saturated carbocycles. The number of carbonyl (C=O) groups is 3. The van der Waals surface area contributed by atoms with Gasteiger partial charge in [-0.05, 0) is 70.5 Å². The molecule has 7 nitrogen and oxygen atoms in total. The molecule has 172 valence electrons. The third-order valence-corrected chi connectivity index (χ3v) is 6.05. The molecule has 0 aromatic heterocycles. The van der Waals surface area contributed by atoms with Crippen molar-refractivity contribution in [2.45, 2.75) is 13.5 Å². The summed E-state index contributed by atoms with van der Waals surface area (Å²) < 4.78 is 12.2. The molecule has 4 rings (SSSR count). The number of anilines is 1. The average Bonchev–Trinajstić information content (AvgIpc) is 2.82. The summed E-state index contributed by atoms with van der Waals surface area (Å²) in [5.41, 5.74) is 2.57. The highest BCUT2D eigenvalue weighted by Crippen LogP contribution is 2.35. The van der Waals surface area contributed by atoms with Gasteiger partial charge in [0.05, 0.1) is 16.4 Å². The number of methoxy groups -OCH3 is 1. The zero-order chi connectivity index (χ0) is 24.2. The number of halogens is 1. The van der Waals surface area contributed by atoms with Gasteiger partial charge in [-0.2, -0.15) is 0 Å². The van der Waals surface area contributed by atoms with E-state index in [1.54, 1.807) is 37.3 Å². The molecule has 1 aliphatic rings. The topological polar surface area (TPSA) is 84.9 Å². The van der Waals surface area contributed by atoms with E-state index in [0.717, 1.165) is 19.6 Å². The monoisotopic (exact) mass is 568 g/mol. The first-order chi connectivity index (χ1) is 16.4. The van der Waals surface area contributed by atoms with E-state index >= 15 is 0 Å². The summed E-state index contributed by atoms with van der Waals surface area (Å²) in [6, 6.07) is 19.4. The van der Waals surface area contributed by atoms with E-state index in [0.29, 0.717) is 29.4 Å². The second kappa shape index (κ2) is 10.1. The highest BCUT2D eigenvalue weighted by Gasteiger charge is 2.37. The van der Waals surface area contributed by atoms with E-state index in [9.17, 15) is 14.4 Å². The Morgan fingerprint density at radius 1 is 1.00 bits per heavy atom. The molecule has 34 heavy (non-hydrogen) atoms. The Bertz CT molecular complexity index is 1300. The minimum atomic E-state index is -0.779. The number of nitrogens with one attached hydrogen (secondary N) is 1. The van der Waals surface area contributed by atoms with Crippen LogP contribution in [0.1, 0.15) is 16.7 Å². The van der Waals surface area contributed by atoms with Crippen molar-refractivity contribution in [2.75, 3.05) is 12.0 Å². The number of carbonyl (C=O) groups excluding carboxylic acids is 3. The van der Waals surface area contributed by atoms with Gasteiger partial charge in [-0.25, -0.2) is 9.69 Å². The second-order valence-electron chi connectivity index (χ2n) is 7.55. The van der Waals surface area contributed by atoms with Gasteiger partial charge in [0.1, 0.15) is 12.2 Å². The van der Waals surface area contributed by atoms with Crippen molar-refractivity contribution in [3.8, 4) is 11.5 Å². The fourth-order valence-corrected chi connectivity index (χ4v) is 4.33. The van der Waals surface area contributed by atoms with Gasteiger partial charge < -0.3 is 9.47 Å². The summed E-state index contributed by atoms with van der Waals surface area (Å²) in [5, 5.41) is 2.25. The molecule has 1 N–H and O–H groups in total. The maximum atomic E-state index is 13.2. The lowest BCUT2D eigenvalue weighted by atomic mass is 10.1. The number of amides is 4. The minimum absolute atomic E-state index is 0.154. The summed E-state index contributed by atoms with van der Waals surface area (Å²) in [6.45, 7) is 2.15. The number of hydrogen-bond donors (Lipinski definition) is 1. The summed E-state index contributed by atoms with van der Waals surface area (Å²) in [4.78, 5) is 39.2. The Balaban J connectivity index is 1.66. The maximum absolute atomic E-state index is 13.2. The van der Waals surface area contributed by atoms with Crippen LogP contribution in [0.25, 0.3) is 6.08 Å². The van der Waals surface area contributed by atoms with Crippen LogP contribution in [0.5, 0.6) is 11.5 Å². The number of imide groups is 2. The lowest BCUT2D eigenvalue weighted by molar-refractivity contribution is -0.122. The average molecular weight is 568 g/mol. The van der Waals surface area contributed by atoms with Crippen molar-refractivity contribution >= 4 is 52.2 Å². The molecule has 3 aromatic rings. The van der Waals surface area contributed by atoms with Crippen molar-refractivity contribution in [2.24, 2.45) is 0 Å². The van der Waals surface area contributed by atoms with Crippen LogP contribution in [0.3, 0.4) is 0 Å². The van der Waals surface area contributed by atoms with Crippen LogP contribution >= 0.6 is 22.6 Å². The van der Waals surface area contributed by atoms with E-state index in [4.69, 9.17) is 9.47 Å². The van der Waals surface area contributed by atoms with E-state index < -0.39 is 17.8 Å². The lowest BCUT2D eigenvalue weighted by Crippen LogP contribution is -2.54. The largest absolute Gasteiger partial charge is 0.493 e. The van der Waals surface area contributed by atoms with Crippen molar-refractivity contribution in [3.63, 3.8) is 0 Å². The molecule has 3 aromatic carbocycles. The van der Waals surface area contributed by atoms with Gasteiger partial charge in [0.15, 0.2) is 11.5 Å². The number of ether oxygens (including phenoxy) is 2. The summed E-state index contributed by atoms with van der Waals surface area (Å²) in [7, 11) is 1.52. The molecular formula is C26H21IN2O5. The summed E-state index contributed by atoms with van der Waals surface area (Å²) in [6.07, 6.45) is 1.45. The van der Waals surface area contributed by atoms with Gasteiger partial charge >= 0.3 is 6.03 Å². The fourth-order valence-electron chi connectivity index (χ4n) is 3.55. The molecule has 0 bridgehead atoms.